The molecule has 0 bridgehead atoms. The highest BCUT2D eigenvalue weighted by molar-refractivity contribution is 6.46. The van der Waals surface area contributed by atoms with Gasteiger partial charge in [0, 0.05) is 19.3 Å². The standard InChI is InChI=1S/C25H34N4O4/c1-15(2)33-19-11-8-10-18(14-19)22-21(23(30)20-16(3)26-28(7)17(20)4)24(31)25(32)29(22)13-9-12-27(5)6/h8,10-11,14-15,22,30H,9,12-13H2,1-7H3/b23-21+/t22-/m1/s1. The lowest BCUT2D eigenvalue weighted by Gasteiger charge is -2.26. The van der Waals surface area contributed by atoms with Crippen molar-refractivity contribution in [2.45, 2.75) is 46.3 Å². The van der Waals surface area contributed by atoms with E-state index in [1.807, 2.05) is 64.0 Å². The van der Waals surface area contributed by atoms with E-state index in [1.54, 1.807) is 23.6 Å². The first-order chi connectivity index (χ1) is 15.5. The van der Waals surface area contributed by atoms with Crippen molar-refractivity contribution in [3.63, 3.8) is 0 Å². The number of Topliss-reactive ketones (excluding diaryl/α,β-unsaturated/α-hetero) is 1. The highest BCUT2D eigenvalue weighted by Gasteiger charge is 2.46. The van der Waals surface area contributed by atoms with Gasteiger partial charge < -0.3 is 19.6 Å². The van der Waals surface area contributed by atoms with Crippen LogP contribution in [0.4, 0.5) is 0 Å². The van der Waals surface area contributed by atoms with E-state index in [4.69, 9.17) is 4.74 Å². The van der Waals surface area contributed by atoms with Gasteiger partial charge in [-0.3, -0.25) is 14.3 Å². The second kappa shape index (κ2) is 9.79. The molecule has 1 saturated heterocycles. The van der Waals surface area contributed by atoms with Crippen LogP contribution >= 0.6 is 0 Å². The topological polar surface area (TPSA) is 87.9 Å². The van der Waals surface area contributed by atoms with Crippen LogP contribution in [0.2, 0.25) is 0 Å². The van der Waals surface area contributed by atoms with Crippen LogP contribution in [0, 0.1) is 13.8 Å². The van der Waals surface area contributed by atoms with Gasteiger partial charge in [0.25, 0.3) is 11.7 Å². The van der Waals surface area contributed by atoms with Crippen molar-refractivity contribution in [3.05, 3.63) is 52.4 Å². The van der Waals surface area contributed by atoms with Gasteiger partial charge in [0.2, 0.25) is 0 Å². The Balaban J connectivity index is 2.16. The highest BCUT2D eigenvalue weighted by atomic mass is 16.5. The second-order valence-electron chi connectivity index (χ2n) is 9.06. The summed E-state index contributed by atoms with van der Waals surface area (Å²) in [6.07, 6.45) is 0.677. The third kappa shape index (κ3) is 4.95. The Morgan fingerprint density at radius 2 is 1.94 bits per heavy atom. The van der Waals surface area contributed by atoms with Crippen molar-refractivity contribution in [2.24, 2.45) is 7.05 Å². The number of rotatable bonds is 8. The summed E-state index contributed by atoms with van der Waals surface area (Å²) >= 11 is 0. The summed E-state index contributed by atoms with van der Waals surface area (Å²) in [5, 5.41) is 15.7. The van der Waals surface area contributed by atoms with Gasteiger partial charge in [0.1, 0.15) is 11.5 Å². The number of aryl methyl sites for hydroxylation is 2. The van der Waals surface area contributed by atoms with E-state index in [9.17, 15) is 14.7 Å². The van der Waals surface area contributed by atoms with Gasteiger partial charge in [-0.05, 0) is 72.5 Å². The lowest BCUT2D eigenvalue weighted by Crippen LogP contribution is -2.32. The van der Waals surface area contributed by atoms with Crippen molar-refractivity contribution >= 4 is 17.4 Å². The molecule has 2 heterocycles. The first-order valence-corrected chi connectivity index (χ1v) is 11.2. The summed E-state index contributed by atoms with van der Waals surface area (Å²) in [7, 11) is 5.71. The number of ether oxygens (including phenoxy) is 1. The van der Waals surface area contributed by atoms with Crippen LogP contribution in [0.25, 0.3) is 5.76 Å². The maximum atomic E-state index is 13.2. The molecule has 1 aliphatic rings. The minimum atomic E-state index is -0.707. The molecule has 1 fully saturated rings. The molecule has 0 saturated carbocycles. The number of nitrogens with zero attached hydrogens (tertiary/aromatic N) is 4. The van der Waals surface area contributed by atoms with Crippen molar-refractivity contribution in [2.75, 3.05) is 27.2 Å². The van der Waals surface area contributed by atoms with Crippen molar-refractivity contribution < 1.29 is 19.4 Å². The van der Waals surface area contributed by atoms with Gasteiger partial charge in [-0.1, -0.05) is 12.1 Å². The van der Waals surface area contributed by atoms with Crippen LogP contribution in [0.3, 0.4) is 0 Å². The maximum absolute atomic E-state index is 13.2. The number of likely N-dealkylation sites (tertiary alicyclic amines) is 1. The van der Waals surface area contributed by atoms with Gasteiger partial charge in [0.05, 0.1) is 29.0 Å². The molecular formula is C25H34N4O4. The molecule has 1 atom stereocenters. The van der Waals surface area contributed by atoms with E-state index in [0.717, 1.165) is 17.8 Å². The zero-order valence-electron chi connectivity index (χ0n) is 20.5. The lowest BCUT2D eigenvalue weighted by molar-refractivity contribution is -0.139. The number of hydrogen-bond donors (Lipinski definition) is 1. The molecule has 0 aliphatic carbocycles. The number of aromatic nitrogens is 2. The summed E-state index contributed by atoms with van der Waals surface area (Å²) < 4.78 is 7.51. The first-order valence-electron chi connectivity index (χ1n) is 11.2. The average Bonchev–Trinajstić information content (AvgIpc) is 3.13. The van der Waals surface area contributed by atoms with Crippen molar-refractivity contribution in [3.8, 4) is 5.75 Å². The Hall–Kier alpha value is -3.13. The minimum absolute atomic E-state index is 0.0209. The zero-order valence-corrected chi connectivity index (χ0v) is 20.5. The maximum Gasteiger partial charge on any atom is 0.295 e. The first kappa shape index (κ1) is 24.5. The number of ketones is 1. The Kier molecular flexibility index (Phi) is 7.27. The van der Waals surface area contributed by atoms with Crippen LogP contribution in [-0.4, -0.2) is 69.7 Å². The van der Waals surface area contributed by atoms with Gasteiger partial charge >= 0.3 is 0 Å². The predicted octanol–water partition coefficient (Wildman–Crippen LogP) is 3.20. The Morgan fingerprint density at radius 1 is 1.24 bits per heavy atom. The fourth-order valence-corrected chi connectivity index (χ4v) is 4.30. The molecule has 1 aliphatic heterocycles. The molecule has 3 rings (SSSR count). The fourth-order valence-electron chi connectivity index (χ4n) is 4.30. The molecule has 2 aromatic rings. The van der Waals surface area contributed by atoms with Gasteiger partial charge in [-0.25, -0.2) is 0 Å². The number of amides is 1. The van der Waals surface area contributed by atoms with Gasteiger partial charge in [-0.15, -0.1) is 0 Å². The normalized spacial score (nSPS) is 18.1. The Labute approximate surface area is 195 Å². The number of hydrogen-bond acceptors (Lipinski definition) is 6. The minimum Gasteiger partial charge on any atom is -0.507 e. The van der Waals surface area contributed by atoms with Crippen LogP contribution in [0.5, 0.6) is 5.75 Å². The fraction of sp³-hybridized carbons (Fsp3) is 0.480. The van der Waals surface area contributed by atoms with Crippen molar-refractivity contribution in [1.82, 2.24) is 19.6 Å². The molecular weight excluding hydrogens is 420 g/mol. The SMILES string of the molecule is Cc1nn(C)c(C)c1/C(O)=C1\C(=O)C(=O)N(CCCN(C)C)[C@@H]1c1cccc(OC(C)C)c1. The molecule has 1 N–H and O–H groups in total. The number of carbonyl (C=O) groups excluding carboxylic acids is 2. The lowest BCUT2D eigenvalue weighted by atomic mass is 9.94. The third-order valence-electron chi connectivity index (χ3n) is 5.84. The van der Waals surface area contributed by atoms with E-state index < -0.39 is 17.7 Å². The summed E-state index contributed by atoms with van der Waals surface area (Å²) in [6, 6.07) is 6.68. The van der Waals surface area contributed by atoms with E-state index in [1.165, 1.54) is 0 Å². The smallest absolute Gasteiger partial charge is 0.295 e. The summed E-state index contributed by atoms with van der Waals surface area (Å²) in [6.45, 7) is 8.65. The monoisotopic (exact) mass is 454 g/mol. The molecule has 0 unspecified atom stereocenters. The van der Waals surface area contributed by atoms with Crippen LogP contribution < -0.4 is 4.74 Å². The van der Waals surface area contributed by atoms with E-state index in [0.29, 0.717) is 30.0 Å². The van der Waals surface area contributed by atoms with Crippen LogP contribution in [-0.2, 0) is 16.6 Å². The molecule has 0 radical (unpaired) electrons. The molecule has 1 aromatic heterocycles. The number of aliphatic hydroxyl groups is 1. The zero-order chi connectivity index (χ0) is 24.4. The predicted molar refractivity (Wildman–Crippen MR) is 127 cm³/mol. The summed E-state index contributed by atoms with van der Waals surface area (Å²) in [5.41, 5.74) is 2.62. The quantitative estimate of drug-likeness (QED) is 0.374. The second-order valence-corrected chi connectivity index (χ2v) is 9.06. The molecule has 8 heteroatoms. The van der Waals surface area contributed by atoms with Crippen LogP contribution in [0.1, 0.15) is 48.8 Å². The summed E-state index contributed by atoms with van der Waals surface area (Å²) in [4.78, 5) is 29.9. The van der Waals surface area contributed by atoms with E-state index in [-0.39, 0.29) is 17.4 Å². The van der Waals surface area contributed by atoms with Gasteiger partial charge in [0.15, 0.2) is 0 Å². The Morgan fingerprint density at radius 3 is 2.52 bits per heavy atom. The van der Waals surface area contributed by atoms with Crippen LogP contribution in [0.15, 0.2) is 29.8 Å². The molecule has 1 amide bonds. The number of aliphatic hydroxyl groups excluding tert-OH is 1. The molecule has 1 aromatic carbocycles. The molecule has 8 nitrogen and oxygen atoms in total. The Bertz CT molecular complexity index is 1080. The van der Waals surface area contributed by atoms with Crippen molar-refractivity contribution in [1.29, 1.82) is 0 Å². The summed E-state index contributed by atoms with van der Waals surface area (Å²) in [5.74, 6) is -0.822. The molecule has 178 valence electrons. The largest absolute Gasteiger partial charge is 0.507 e. The van der Waals surface area contributed by atoms with E-state index >= 15 is 0 Å². The number of benzene rings is 1. The van der Waals surface area contributed by atoms with E-state index in [2.05, 4.69) is 5.10 Å². The highest BCUT2D eigenvalue weighted by Crippen LogP contribution is 2.41. The molecule has 0 spiro atoms. The molecule has 33 heavy (non-hydrogen) atoms. The number of carbonyl (C=O) groups is 2. The van der Waals surface area contributed by atoms with Gasteiger partial charge in [-0.2, -0.15) is 5.10 Å². The third-order valence-corrected chi connectivity index (χ3v) is 5.84. The average molecular weight is 455 g/mol.